The van der Waals surface area contributed by atoms with Crippen LogP contribution in [-0.4, -0.2) is 33.4 Å². The maximum atomic E-state index is 12.7. The van der Waals surface area contributed by atoms with Crippen LogP contribution in [0.2, 0.25) is 0 Å². The fourth-order valence-corrected chi connectivity index (χ4v) is 5.05. The lowest BCUT2D eigenvalue weighted by atomic mass is 9.82. The number of thiazole rings is 1. The lowest BCUT2D eigenvalue weighted by Crippen LogP contribution is -2.48. The van der Waals surface area contributed by atoms with Crippen LogP contribution in [0.25, 0.3) is 10.4 Å². The number of hydrogen-bond acceptors (Lipinski definition) is 4. The molecule has 2 aromatic heterocycles. The van der Waals surface area contributed by atoms with Crippen molar-refractivity contribution in [3.63, 3.8) is 0 Å². The first-order valence-electron chi connectivity index (χ1n) is 8.37. The molecule has 1 fully saturated rings. The Morgan fingerprint density at radius 1 is 1.25 bits per heavy atom. The van der Waals surface area contributed by atoms with Crippen molar-refractivity contribution in [3.05, 3.63) is 38.9 Å². The maximum Gasteiger partial charge on any atom is 0.251 e. The summed E-state index contributed by atoms with van der Waals surface area (Å²) in [6, 6.07) is 3.89. The molecule has 2 aliphatic heterocycles. The molecule has 2 aromatic rings. The van der Waals surface area contributed by atoms with E-state index < -0.39 is 0 Å². The van der Waals surface area contributed by atoms with Crippen LogP contribution in [0, 0.1) is 19.8 Å². The van der Waals surface area contributed by atoms with Crippen molar-refractivity contribution >= 4 is 17.2 Å². The summed E-state index contributed by atoms with van der Waals surface area (Å²) in [5.74, 6) is 0.769. The number of piperidine rings is 1. The fraction of sp³-hybridized carbons (Fsp3) is 0.500. The molecule has 4 rings (SSSR count). The number of fused-ring (bicyclic) bond motifs is 4. The minimum atomic E-state index is 0.0685. The summed E-state index contributed by atoms with van der Waals surface area (Å²) in [7, 11) is 0. The molecule has 2 bridgehead atoms. The van der Waals surface area contributed by atoms with Crippen LogP contribution in [-0.2, 0) is 11.3 Å². The highest BCUT2D eigenvalue weighted by molar-refractivity contribution is 7.15. The Hall–Kier alpha value is -1.95. The topological polar surface area (TPSA) is 55.2 Å². The van der Waals surface area contributed by atoms with Crippen molar-refractivity contribution in [2.45, 2.75) is 39.7 Å². The lowest BCUT2D eigenvalue weighted by Gasteiger charge is -2.42. The number of likely N-dealkylation sites (tertiary alicyclic amines) is 1. The first-order chi connectivity index (χ1) is 11.4. The van der Waals surface area contributed by atoms with Crippen LogP contribution < -0.4 is 5.56 Å². The van der Waals surface area contributed by atoms with Gasteiger partial charge in [0.15, 0.2) is 0 Å². The quantitative estimate of drug-likeness (QED) is 0.800. The third kappa shape index (κ3) is 2.49. The zero-order valence-corrected chi connectivity index (χ0v) is 15.0. The van der Waals surface area contributed by atoms with Gasteiger partial charge in [0.2, 0.25) is 5.91 Å². The minimum absolute atomic E-state index is 0.0685. The van der Waals surface area contributed by atoms with E-state index in [2.05, 4.69) is 11.1 Å². The van der Waals surface area contributed by atoms with E-state index in [9.17, 15) is 9.59 Å². The molecule has 1 amide bonds. The summed E-state index contributed by atoms with van der Waals surface area (Å²) in [4.78, 5) is 32.0. The minimum Gasteiger partial charge on any atom is -0.342 e. The van der Waals surface area contributed by atoms with Crippen LogP contribution >= 0.6 is 11.3 Å². The number of pyridine rings is 1. The van der Waals surface area contributed by atoms with Gasteiger partial charge in [-0.25, -0.2) is 4.98 Å². The largest absolute Gasteiger partial charge is 0.342 e. The van der Waals surface area contributed by atoms with Gasteiger partial charge in [-0.15, -0.1) is 11.3 Å². The summed E-state index contributed by atoms with van der Waals surface area (Å²) in [6.07, 6.45) is 1.06. The van der Waals surface area contributed by atoms with Crippen LogP contribution in [0.4, 0.5) is 0 Å². The monoisotopic (exact) mass is 343 g/mol. The van der Waals surface area contributed by atoms with Gasteiger partial charge >= 0.3 is 0 Å². The molecule has 0 radical (unpaired) electrons. The molecule has 126 valence electrons. The molecule has 0 saturated carbocycles. The van der Waals surface area contributed by atoms with Gasteiger partial charge in [0, 0.05) is 49.8 Å². The third-order valence-electron chi connectivity index (χ3n) is 5.17. The zero-order chi connectivity index (χ0) is 17.0. The van der Waals surface area contributed by atoms with Crippen molar-refractivity contribution in [2.75, 3.05) is 13.1 Å². The van der Waals surface area contributed by atoms with Crippen LogP contribution in [0.15, 0.2) is 16.9 Å². The van der Waals surface area contributed by atoms with E-state index in [1.807, 2.05) is 23.3 Å². The second kappa shape index (κ2) is 5.55. The molecule has 0 aromatic carbocycles. The van der Waals surface area contributed by atoms with Crippen LogP contribution in [0.1, 0.15) is 35.7 Å². The van der Waals surface area contributed by atoms with Gasteiger partial charge in [-0.05, 0) is 32.3 Å². The van der Waals surface area contributed by atoms with Gasteiger partial charge in [0.1, 0.15) is 0 Å². The molecule has 2 aliphatic rings. The van der Waals surface area contributed by atoms with E-state index in [1.165, 1.54) is 0 Å². The Labute approximate surface area is 144 Å². The van der Waals surface area contributed by atoms with E-state index in [-0.39, 0.29) is 17.4 Å². The first kappa shape index (κ1) is 15.6. The molecule has 0 unspecified atom stereocenters. The van der Waals surface area contributed by atoms with Crippen molar-refractivity contribution in [2.24, 2.45) is 5.92 Å². The second-order valence-corrected chi connectivity index (χ2v) is 8.19. The second-order valence-electron chi connectivity index (χ2n) is 6.99. The first-order valence-corrected chi connectivity index (χ1v) is 9.18. The number of carbonyl (C=O) groups is 1. The van der Waals surface area contributed by atoms with Gasteiger partial charge in [-0.3, -0.25) is 9.59 Å². The molecule has 1 saturated heterocycles. The summed E-state index contributed by atoms with van der Waals surface area (Å²) >= 11 is 1.63. The molecule has 24 heavy (non-hydrogen) atoms. The third-order valence-corrected chi connectivity index (χ3v) is 6.29. The predicted octanol–water partition coefficient (Wildman–Crippen LogP) is 2.55. The molecule has 0 aliphatic carbocycles. The fourth-order valence-electron chi connectivity index (χ4n) is 4.15. The summed E-state index contributed by atoms with van der Waals surface area (Å²) in [5, 5.41) is 1.01. The van der Waals surface area contributed by atoms with E-state index >= 15 is 0 Å². The highest BCUT2D eigenvalue weighted by atomic mass is 32.1. The number of rotatable bonds is 1. The highest BCUT2D eigenvalue weighted by Crippen LogP contribution is 2.37. The lowest BCUT2D eigenvalue weighted by molar-refractivity contribution is -0.131. The number of hydrogen-bond donors (Lipinski definition) is 0. The summed E-state index contributed by atoms with van der Waals surface area (Å²) in [6.45, 7) is 7.82. The molecule has 0 N–H and O–H groups in total. The Bertz CT molecular complexity index is 883. The van der Waals surface area contributed by atoms with Crippen molar-refractivity contribution in [1.29, 1.82) is 0 Å². The van der Waals surface area contributed by atoms with Crippen LogP contribution in [0.3, 0.4) is 0 Å². The van der Waals surface area contributed by atoms with Crippen molar-refractivity contribution in [1.82, 2.24) is 14.5 Å². The molecule has 4 heterocycles. The number of nitrogens with zero attached hydrogens (tertiary/aromatic N) is 3. The van der Waals surface area contributed by atoms with Gasteiger partial charge in [-0.2, -0.15) is 0 Å². The van der Waals surface area contributed by atoms with Gasteiger partial charge < -0.3 is 9.47 Å². The Balaban J connectivity index is 1.80. The van der Waals surface area contributed by atoms with E-state index in [4.69, 9.17) is 0 Å². The summed E-state index contributed by atoms with van der Waals surface area (Å²) < 4.78 is 1.92. The smallest absolute Gasteiger partial charge is 0.251 e. The molecule has 6 heteroatoms. The average Bonchev–Trinajstić information content (AvgIpc) is 2.86. The normalized spacial score (nSPS) is 22.4. The summed E-state index contributed by atoms with van der Waals surface area (Å²) in [5.41, 5.74) is 3.08. The van der Waals surface area contributed by atoms with E-state index in [1.54, 1.807) is 24.3 Å². The average molecular weight is 343 g/mol. The standard InChI is InChI=1S/C18H21N3O2S/c1-10-18(24-11(2)19-10)14-5-16-15-4-13(7-20(9-15)12(3)22)8-21(16)17(23)6-14/h5-6,13,15H,4,7-9H2,1-3H3/t13-,15+/m0/s1. The van der Waals surface area contributed by atoms with Gasteiger partial charge in [0.05, 0.1) is 15.6 Å². The van der Waals surface area contributed by atoms with Gasteiger partial charge in [-0.1, -0.05) is 0 Å². The molecular weight excluding hydrogens is 322 g/mol. The van der Waals surface area contributed by atoms with E-state index in [0.29, 0.717) is 5.92 Å². The zero-order valence-electron chi connectivity index (χ0n) is 14.2. The molecule has 0 spiro atoms. The number of aryl methyl sites for hydroxylation is 2. The SMILES string of the molecule is CC(=O)N1C[C@@H]2C[C@H](C1)c1cc(-c3sc(C)nc3C)cc(=O)n1C2. The predicted molar refractivity (Wildman–Crippen MR) is 94.4 cm³/mol. The Kier molecular flexibility index (Phi) is 3.60. The maximum absolute atomic E-state index is 12.7. The number of amides is 1. The van der Waals surface area contributed by atoms with Gasteiger partial charge in [0.25, 0.3) is 5.56 Å². The van der Waals surface area contributed by atoms with E-state index in [0.717, 1.165) is 52.9 Å². The van der Waals surface area contributed by atoms with Crippen molar-refractivity contribution < 1.29 is 4.79 Å². The molecular formula is C18H21N3O2S. The Morgan fingerprint density at radius 2 is 2.04 bits per heavy atom. The molecule has 2 atom stereocenters. The Morgan fingerprint density at radius 3 is 2.71 bits per heavy atom. The highest BCUT2D eigenvalue weighted by Gasteiger charge is 2.35. The number of carbonyl (C=O) groups excluding carboxylic acids is 1. The van der Waals surface area contributed by atoms with Crippen LogP contribution in [0.5, 0.6) is 0 Å². The van der Waals surface area contributed by atoms with Crippen molar-refractivity contribution in [3.8, 4) is 10.4 Å². The number of aromatic nitrogens is 2. The molecule has 5 nitrogen and oxygen atoms in total.